The van der Waals surface area contributed by atoms with Crippen LogP contribution in [0.5, 0.6) is 0 Å². The van der Waals surface area contributed by atoms with E-state index in [9.17, 15) is 13.6 Å². The lowest BCUT2D eigenvalue weighted by molar-refractivity contribution is -0.150. The second kappa shape index (κ2) is 4.32. The van der Waals surface area contributed by atoms with Crippen molar-refractivity contribution < 1.29 is 22.8 Å². The first kappa shape index (κ1) is 6.73. The maximum Gasteiger partial charge on any atom is 0.329 e. The third-order valence-corrected chi connectivity index (χ3v) is 1.16. The van der Waals surface area contributed by atoms with Crippen LogP contribution in [-0.4, -0.2) is 29.6 Å². The van der Waals surface area contributed by atoms with Gasteiger partial charge in [0.15, 0.2) is 5.54 Å². The lowest BCUT2D eigenvalue weighted by Gasteiger charge is -2.22. The van der Waals surface area contributed by atoms with E-state index in [1.807, 2.05) is 0 Å². The molecule has 0 spiro atoms. The molecule has 0 aliphatic rings. The van der Waals surface area contributed by atoms with E-state index in [1.54, 1.807) is 0 Å². The zero-order valence-corrected chi connectivity index (χ0v) is 6.13. The van der Waals surface area contributed by atoms with Gasteiger partial charge >= 0.3 is 5.97 Å². The third kappa shape index (κ3) is 2.38. The number of carboxylic acid groups (broad SMARTS) is 1. The number of hydrogen-bond acceptors (Lipinski definition) is 3. The van der Waals surface area contributed by atoms with Crippen molar-refractivity contribution in [1.29, 1.82) is 0 Å². The molecule has 0 saturated heterocycles. The fraction of sp³-hybridized carbons (Fsp3) is 0.833. The highest BCUT2D eigenvalue weighted by molar-refractivity contribution is 5.79. The van der Waals surface area contributed by atoms with Crippen LogP contribution >= 0.6 is 0 Å². The molecule has 0 aliphatic carbocycles. The highest BCUT2D eigenvalue weighted by Crippen LogP contribution is 2.18. The molecule has 72 valence electrons. The van der Waals surface area contributed by atoms with Gasteiger partial charge in [0.25, 0.3) is 6.43 Å². The van der Waals surface area contributed by atoms with Crippen LogP contribution in [0.25, 0.3) is 0 Å². The number of carboxylic acids is 1. The van der Waals surface area contributed by atoms with E-state index in [-0.39, 0.29) is 0 Å². The molecule has 0 aliphatic heterocycles. The number of nitrogens with two attached hydrogens (primary N) is 2. The van der Waals surface area contributed by atoms with Crippen LogP contribution in [-0.2, 0) is 4.79 Å². The number of alkyl halides is 2. The molecule has 0 bridgehead atoms. The normalized spacial score (nSPS) is 23.6. The Kier molecular flexibility index (Phi) is 2.42. The van der Waals surface area contributed by atoms with E-state index >= 15 is 0 Å². The van der Waals surface area contributed by atoms with Gasteiger partial charge in [-0.1, -0.05) is 0 Å². The van der Waals surface area contributed by atoms with Gasteiger partial charge in [-0.05, 0) is 19.3 Å². The Bertz CT molecular complexity index is 255. The molecule has 0 aromatic heterocycles. The Balaban J connectivity index is 5.35. The Labute approximate surface area is 72.7 Å². The van der Waals surface area contributed by atoms with E-state index in [1.165, 1.54) is 0 Å². The lowest BCUT2D eigenvalue weighted by Crippen LogP contribution is -2.54. The van der Waals surface area contributed by atoms with Crippen molar-refractivity contribution in [3.63, 3.8) is 0 Å². The molecule has 2 atom stereocenters. The standard InChI is InChI=1S/C6H12F2N2O2/c7-4(8)6(10,5(11)12)2-1-3-9/h4H,1-3,9-10H2,(H,11,12)/i1D,2D2. The molecule has 4 nitrogen and oxygen atoms in total. The monoisotopic (exact) mass is 185 g/mol. The number of rotatable bonds is 5. The van der Waals surface area contributed by atoms with Crippen molar-refractivity contribution in [2.75, 3.05) is 6.54 Å². The fourth-order valence-corrected chi connectivity index (χ4v) is 0.446. The van der Waals surface area contributed by atoms with Gasteiger partial charge in [0.1, 0.15) is 0 Å². The summed E-state index contributed by atoms with van der Waals surface area (Å²) in [6.07, 6.45) is -8.60. The van der Waals surface area contributed by atoms with Crippen molar-refractivity contribution in [3.05, 3.63) is 0 Å². The zero-order valence-electron chi connectivity index (χ0n) is 9.13. The first-order valence-electron chi connectivity index (χ1n) is 4.62. The predicted molar refractivity (Wildman–Crippen MR) is 38.8 cm³/mol. The minimum atomic E-state index is -3.63. The average Bonchev–Trinajstić information content (AvgIpc) is 2.13. The summed E-state index contributed by atoms with van der Waals surface area (Å²) >= 11 is 0. The molecule has 0 heterocycles. The molecule has 0 radical (unpaired) electrons. The van der Waals surface area contributed by atoms with Crippen molar-refractivity contribution in [2.24, 2.45) is 11.5 Å². The van der Waals surface area contributed by atoms with E-state index in [0.717, 1.165) is 0 Å². The second-order valence-corrected chi connectivity index (χ2v) is 2.06. The van der Waals surface area contributed by atoms with Crippen LogP contribution < -0.4 is 11.5 Å². The summed E-state index contributed by atoms with van der Waals surface area (Å²) in [4.78, 5) is 10.6. The summed E-state index contributed by atoms with van der Waals surface area (Å²) in [5.41, 5.74) is 6.34. The Morgan fingerprint density at radius 3 is 2.50 bits per heavy atom. The van der Waals surface area contributed by atoms with Gasteiger partial charge < -0.3 is 16.6 Å². The van der Waals surface area contributed by atoms with Gasteiger partial charge in [0, 0.05) is 4.11 Å². The zero-order chi connectivity index (χ0) is 12.4. The first-order valence-corrected chi connectivity index (χ1v) is 3.05. The largest absolute Gasteiger partial charge is 0.480 e. The highest BCUT2D eigenvalue weighted by Gasteiger charge is 2.42. The summed E-state index contributed by atoms with van der Waals surface area (Å²) in [5.74, 6) is -2.20. The molecule has 12 heavy (non-hydrogen) atoms. The number of hydrogen-bond donors (Lipinski definition) is 3. The maximum atomic E-state index is 12.5. The Morgan fingerprint density at radius 2 is 2.25 bits per heavy atom. The van der Waals surface area contributed by atoms with Gasteiger partial charge in [0.05, 0.1) is 0 Å². The first-order chi connectivity index (χ1) is 6.62. The smallest absolute Gasteiger partial charge is 0.329 e. The molecule has 0 rings (SSSR count). The molecule has 0 aromatic carbocycles. The van der Waals surface area contributed by atoms with Crippen LogP contribution in [0.3, 0.4) is 0 Å². The molecule has 2 unspecified atom stereocenters. The minimum Gasteiger partial charge on any atom is -0.480 e. The van der Waals surface area contributed by atoms with Crippen molar-refractivity contribution >= 4 is 5.97 Å². The summed E-state index contributed by atoms with van der Waals surface area (Å²) < 4.78 is 46.3. The van der Waals surface area contributed by atoms with Crippen LogP contribution in [0.15, 0.2) is 0 Å². The Morgan fingerprint density at radius 1 is 1.75 bits per heavy atom. The molecule has 0 aromatic rings. The predicted octanol–water partition coefficient (Wildman–Crippen LogP) is -0.228. The van der Waals surface area contributed by atoms with Crippen molar-refractivity contribution in [3.8, 4) is 0 Å². The summed E-state index contributed by atoms with van der Waals surface area (Å²) in [6.45, 7) is -0.605. The number of aliphatic carboxylic acids is 1. The van der Waals surface area contributed by atoms with Crippen LogP contribution in [0.4, 0.5) is 8.78 Å². The summed E-state index contributed by atoms with van der Waals surface area (Å²) in [5, 5.41) is 8.51. The summed E-state index contributed by atoms with van der Waals surface area (Å²) in [7, 11) is 0. The van der Waals surface area contributed by atoms with E-state index in [2.05, 4.69) is 0 Å². The van der Waals surface area contributed by atoms with Gasteiger partial charge in [0.2, 0.25) is 0 Å². The topological polar surface area (TPSA) is 89.3 Å². The molecule has 5 N–H and O–H groups in total. The van der Waals surface area contributed by atoms with Gasteiger partial charge in [-0.3, -0.25) is 0 Å². The van der Waals surface area contributed by atoms with Gasteiger partial charge in [-0.2, -0.15) is 0 Å². The van der Waals surface area contributed by atoms with Crippen LogP contribution in [0.2, 0.25) is 0 Å². The maximum absolute atomic E-state index is 12.5. The van der Waals surface area contributed by atoms with Crippen molar-refractivity contribution in [1.82, 2.24) is 0 Å². The quantitative estimate of drug-likeness (QED) is 0.552. The minimum absolute atomic E-state index is 0.605. The van der Waals surface area contributed by atoms with Crippen molar-refractivity contribution in [2.45, 2.75) is 24.7 Å². The molecule has 0 fully saturated rings. The van der Waals surface area contributed by atoms with Crippen LogP contribution in [0, 0.1) is 0 Å². The number of carbonyl (C=O) groups is 1. The Hall–Kier alpha value is -0.750. The van der Waals surface area contributed by atoms with Gasteiger partial charge in [-0.15, -0.1) is 0 Å². The molecule has 0 saturated carbocycles. The summed E-state index contributed by atoms with van der Waals surface area (Å²) in [6, 6.07) is 0. The molecular formula is C6H12F2N2O2. The number of halogens is 2. The molecular weight excluding hydrogens is 170 g/mol. The SMILES string of the molecule is [2H]C(CN)C([2H])([2H])C(N)(C(=O)O)C(F)F. The molecule has 0 amide bonds. The highest BCUT2D eigenvalue weighted by atomic mass is 19.3. The third-order valence-electron chi connectivity index (χ3n) is 1.16. The average molecular weight is 185 g/mol. The van der Waals surface area contributed by atoms with Gasteiger partial charge in [-0.25, -0.2) is 13.6 Å². The van der Waals surface area contributed by atoms with E-state index in [0.29, 0.717) is 0 Å². The van der Waals surface area contributed by atoms with E-state index in [4.69, 9.17) is 20.7 Å². The second-order valence-electron chi connectivity index (χ2n) is 2.06. The van der Waals surface area contributed by atoms with E-state index < -0.39 is 37.2 Å². The lowest BCUT2D eigenvalue weighted by atomic mass is 9.95. The fourth-order valence-electron chi connectivity index (χ4n) is 0.446. The molecule has 6 heteroatoms. The van der Waals surface area contributed by atoms with Crippen LogP contribution in [0.1, 0.15) is 16.9 Å².